The van der Waals surface area contributed by atoms with Crippen molar-refractivity contribution in [2.75, 3.05) is 19.8 Å². The van der Waals surface area contributed by atoms with Gasteiger partial charge >= 0.3 is 5.97 Å². The van der Waals surface area contributed by atoms with Gasteiger partial charge in [0.2, 0.25) is 6.29 Å². The fraction of sp³-hybridized carbons (Fsp3) is 0.652. The second-order valence-electron chi connectivity index (χ2n) is 19.8. The standard InChI is InChI=1S/C46H56N2O12/c1-21-13-23-14-24(41(55)56)15-31(34(23)36(52)33(21)22(2)50)58-42-37(53)39(54)46-17-28-35-26(30(60-46)9-8-29(51)40(46)59-42)6-7-27(35)44(11-4-12-49)20-57-18-25-16-43-10-3-5-32(43)47-48-45(28,19-43)38(25)44/h7,13-15,25,28-30,32,37-40,42,47-49,51-54H,3-6,8-12,16-20H2,1-2H3,(H,55,56). The van der Waals surface area contributed by atoms with E-state index in [1.54, 1.807) is 13.0 Å². The summed E-state index contributed by atoms with van der Waals surface area (Å²) in [6.45, 7) is 4.27. The van der Waals surface area contributed by atoms with Crippen molar-refractivity contribution in [1.29, 1.82) is 0 Å². The summed E-state index contributed by atoms with van der Waals surface area (Å²) in [7, 11) is 0. The molecular weight excluding hydrogens is 773 g/mol. The summed E-state index contributed by atoms with van der Waals surface area (Å²) in [5.74, 6) is -2.04. The van der Waals surface area contributed by atoms with Gasteiger partial charge in [0.1, 0.15) is 35.4 Å². The predicted octanol–water partition coefficient (Wildman–Crippen LogP) is 3.72. The first-order chi connectivity index (χ1) is 28.8. The minimum Gasteiger partial charge on any atom is -0.506 e. The van der Waals surface area contributed by atoms with Crippen molar-refractivity contribution >= 4 is 22.5 Å². The number of benzene rings is 2. The van der Waals surface area contributed by atoms with Gasteiger partial charge < -0.3 is 49.6 Å². The SMILES string of the molecule is CC(=O)c1c(C)cc2cc(C(=O)O)cc(OC3OC4C(O)CCC5OC4(CC4C6=C5CC=C6C5(CCCO)COCC6CC78CCCC7NNC4(C8)C65)C(O)C3O)c2c1O. The molecule has 14 atom stereocenters. The number of aryl methyl sites for hydroxylation is 1. The lowest BCUT2D eigenvalue weighted by molar-refractivity contribution is -0.337. The number of aliphatic hydroxyl groups excluding tert-OH is 4. The molecule has 14 nitrogen and oxygen atoms in total. The Balaban J connectivity index is 1.03. The van der Waals surface area contributed by atoms with Crippen LogP contribution in [0.15, 0.2) is 41.0 Å². The number of carbonyl (C=O) groups is 2. The third-order valence-electron chi connectivity index (χ3n) is 16.9. The summed E-state index contributed by atoms with van der Waals surface area (Å²) in [6.07, 6.45) is 2.94. The summed E-state index contributed by atoms with van der Waals surface area (Å²) in [5, 5.41) is 69.3. The number of phenolic OH excluding ortho intramolecular Hbond substituents is 1. The number of ether oxygens (including phenoxy) is 4. The van der Waals surface area contributed by atoms with E-state index in [1.807, 2.05) is 0 Å². The molecule has 7 fully saturated rings. The molecule has 0 radical (unpaired) electrons. The van der Waals surface area contributed by atoms with Crippen molar-refractivity contribution in [3.63, 3.8) is 0 Å². The van der Waals surface area contributed by atoms with Crippen LogP contribution in [0.3, 0.4) is 0 Å². The molecule has 14 unspecified atom stereocenters. The van der Waals surface area contributed by atoms with Crippen molar-refractivity contribution in [2.24, 2.45) is 28.6 Å². The van der Waals surface area contributed by atoms with Gasteiger partial charge in [0.15, 0.2) is 5.78 Å². The predicted molar refractivity (Wildman–Crippen MR) is 214 cm³/mol. The lowest BCUT2D eigenvalue weighted by Gasteiger charge is -2.72. The van der Waals surface area contributed by atoms with Crippen molar-refractivity contribution in [2.45, 2.75) is 138 Å². The van der Waals surface area contributed by atoms with Crippen LogP contribution in [0.25, 0.3) is 10.8 Å². The average molecular weight is 829 g/mol. The highest BCUT2D eigenvalue weighted by atomic mass is 16.7. The first kappa shape index (κ1) is 39.4. The molecule has 9 aliphatic rings. The molecular formula is C46H56N2O12. The average Bonchev–Trinajstić information content (AvgIpc) is 3.76. The Morgan fingerprint density at radius 2 is 1.92 bits per heavy atom. The maximum atomic E-state index is 12.8. The highest BCUT2D eigenvalue weighted by Crippen LogP contribution is 2.73. The van der Waals surface area contributed by atoms with Crippen molar-refractivity contribution in [1.82, 2.24) is 10.9 Å². The number of hydrogen-bond acceptors (Lipinski definition) is 13. The molecule has 60 heavy (non-hydrogen) atoms. The van der Waals surface area contributed by atoms with Crippen molar-refractivity contribution in [3.05, 3.63) is 57.7 Å². The highest BCUT2D eigenvalue weighted by Gasteiger charge is 2.75. The van der Waals surface area contributed by atoms with Crippen LogP contribution in [0.1, 0.15) is 104 Å². The Hall–Kier alpha value is -3.44. The van der Waals surface area contributed by atoms with Crippen LogP contribution in [-0.4, -0.2) is 116 Å². The Morgan fingerprint density at radius 3 is 2.70 bits per heavy atom. The van der Waals surface area contributed by atoms with Gasteiger partial charge in [-0.25, -0.2) is 4.79 Å². The number of aliphatic hydroxyl groups is 4. The number of phenols is 1. The molecule has 4 saturated heterocycles. The molecule has 11 rings (SSSR count). The number of rotatable bonds is 7. The summed E-state index contributed by atoms with van der Waals surface area (Å²) in [5.41, 5.74) is 9.46. The van der Waals surface area contributed by atoms with E-state index in [9.17, 15) is 40.2 Å². The van der Waals surface area contributed by atoms with Gasteiger partial charge in [0.05, 0.1) is 35.3 Å². The van der Waals surface area contributed by atoms with Gasteiger partial charge in [-0.2, -0.15) is 0 Å². The smallest absolute Gasteiger partial charge is 0.335 e. The number of nitrogens with one attached hydrogen (secondary N) is 2. The van der Waals surface area contributed by atoms with E-state index >= 15 is 0 Å². The van der Waals surface area contributed by atoms with Crippen LogP contribution < -0.4 is 15.6 Å². The van der Waals surface area contributed by atoms with E-state index in [-0.39, 0.29) is 70.3 Å². The van der Waals surface area contributed by atoms with Crippen LogP contribution in [0.5, 0.6) is 11.5 Å². The van der Waals surface area contributed by atoms with E-state index < -0.39 is 65.5 Å². The van der Waals surface area contributed by atoms with Gasteiger partial charge in [0.25, 0.3) is 0 Å². The number of ketones is 1. The van der Waals surface area contributed by atoms with Crippen LogP contribution in [0.4, 0.5) is 0 Å². The molecule has 3 spiro atoms. The normalized spacial score (nSPS) is 43.5. The number of carboxylic acid groups (broad SMARTS) is 1. The number of carboxylic acids is 1. The molecule has 5 aliphatic heterocycles. The van der Waals surface area contributed by atoms with Crippen LogP contribution in [0, 0.1) is 35.5 Å². The van der Waals surface area contributed by atoms with E-state index in [2.05, 4.69) is 16.9 Å². The lowest BCUT2D eigenvalue weighted by Crippen LogP contribution is -2.81. The number of hydrazine groups is 1. The van der Waals surface area contributed by atoms with Gasteiger partial charge in [-0.15, -0.1) is 0 Å². The fourth-order valence-corrected chi connectivity index (χ4v) is 15.0. The molecule has 2 aromatic rings. The minimum atomic E-state index is -1.74. The quantitative estimate of drug-likeness (QED) is 0.187. The summed E-state index contributed by atoms with van der Waals surface area (Å²) < 4.78 is 26.9. The van der Waals surface area contributed by atoms with E-state index in [0.29, 0.717) is 49.5 Å². The number of hydrogen-bond donors (Lipinski definition) is 8. The largest absolute Gasteiger partial charge is 0.506 e. The van der Waals surface area contributed by atoms with Gasteiger partial charge in [-0.3, -0.25) is 15.6 Å². The zero-order valence-corrected chi connectivity index (χ0v) is 34.1. The summed E-state index contributed by atoms with van der Waals surface area (Å²) >= 11 is 0. The molecule has 2 aromatic carbocycles. The van der Waals surface area contributed by atoms with Gasteiger partial charge in [0, 0.05) is 36.1 Å². The number of carbonyl (C=O) groups excluding carboxylic acids is 1. The Morgan fingerprint density at radius 1 is 1.08 bits per heavy atom. The van der Waals surface area contributed by atoms with E-state index in [1.165, 1.54) is 30.2 Å². The zero-order chi connectivity index (χ0) is 41.7. The number of Topliss-reactive ketones (excluding diaryl/α,β-unsaturated/α-hetero) is 1. The number of aromatic carboxylic acids is 1. The molecule has 0 aromatic heterocycles. The lowest BCUT2D eigenvalue weighted by atomic mass is 9.39. The number of allylic oxidation sites excluding steroid dienone is 1. The monoisotopic (exact) mass is 828 g/mol. The molecule has 322 valence electrons. The van der Waals surface area contributed by atoms with Crippen LogP contribution in [-0.2, 0) is 14.2 Å². The molecule has 14 heteroatoms. The van der Waals surface area contributed by atoms with Crippen molar-refractivity contribution < 1.29 is 59.2 Å². The highest BCUT2D eigenvalue weighted by molar-refractivity contribution is 6.08. The molecule has 0 amide bonds. The summed E-state index contributed by atoms with van der Waals surface area (Å²) in [6, 6.07) is 4.48. The van der Waals surface area contributed by atoms with Crippen LogP contribution in [0.2, 0.25) is 0 Å². The Labute approximate surface area is 347 Å². The molecule has 4 bridgehead atoms. The molecule has 4 aliphatic carbocycles. The third kappa shape index (κ3) is 5.14. The minimum absolute atomic E-state index is 0.0452. The fourth-order valence-electron chi connectivity index (χ4n) is 15.0. The third-order valence-corrected chi connectivity index (χ3v) is 16.9. The van der Waals surface area contributed by atoms with E-state index in [4.69, 9.17) is 18.9 Å². The topological polar surface area (TPSA) is 216 Å². The van der Waals surface area contributed by atoms with Crippen molar-refractivity contribution in [3.8, 4) is 11.5 Å². The van der Waals surface area contributed by atoms with Gasteiger partial charge in [-0.1, -0.05) is 18.6 Å². The second-order valence-corrected chi connectivity index (χ2v) is 19.8. The molecule has 5 heterocycles. The van der Waals surface area contributed by atoms with Gasteiger partial charge in [-0.05, 0) is 135 Å². The Kier molecular flexibility index (Phi) is 8.89. The molecule has 8 N–H and O–H groups in total. The molecule has 3 saturated carbocycles. The second kappa shape index (κ2) is 13.5. The first-order valence-electron chi connectivity index (χ1n) is 22.0. The Bertz CT molecular complexity index is 2260. The van der Waals surface area contributed by atoms with Crippen LogP contribution >= 0.6 is 0 Å². The first-order valence-corrected chi connectivity index (χ1v) is 22.0. The summed E-state index contributed by atoms with van der Waals surface area (Å²) in [4.78, 5) is 25.0. The van der Waals surface area contributed by atoms with E-state index in [0.717, 1.165) is 44.1 Å². The number of aromatic hydroxyl groups is 1. The zero-order valence-electron chi connectivity index (χ0n) is 34.1. The number of fused-ring (bicyclic) bond motifs is 4. The maximum Gasteiger partial charge on any atom is 0.335 e. The maximum absolute atomic E-state index is 12.8.